The Morgan fingerprint density at radius 2 is 1.76 bits per heavy atom. The van der Waals surface area contributed by atoms with Gasteiger partial charge in [-0.2, -0.15) is 0 Å². The first-order chi connectivity index (χ1) is 18.7. The van der Waals surface area contributed by atoms with Crippen molar-refractivity contribution >= 4 is 23.4 Å². The minimum absolute atomic E-state index is 0.00325. The Bertz CT molecular complexity index is 1070. The number of carbonyl (C=O) groups is 1. The van der Waals surface area contributed by atoms with Gasteiger partial charge in [-0.25, -0.2) is 4.99 Å². The largest absolute Gasteiger partial charge is 0.476 e. The monoisotopic (exact) mass is 538 g/mol. The lowest BCUT2D eigenvalue weighted by Gasteiger charge is -2.36. The van der Waals surface area contributed by atoms with E-state index in [1.807, 2.05) is 42.5 Å². The quantitative estimate of drug-likeness (QED) is 0.362. The van der Waals surface area contributed by atoms with Crippen molar-refractivity contribution in [2.24, 2.45) is 16.8 Å². The molecule has 1 saturated heterocycles. The van der Waals surface area contributed by atoms with E-state index in [9.17, 15) is 4.79 Å². The highest BCUT2D eigenvalue weighted by Crippen LogP contribution is 2.35. The summed E-state index contributed by atoms with van der Waals surface area (Å²) in [4.78, 5) is 17.6. The molecule has 1 amide bonds. The first-order valence-corrected chi connectivity index (χ1v) is 14.6. The van der Waals surface area contributed by atoms with Gasteiger partial charge < -0.3 is 19.5 Å². The van der Waals surface area contributed by atoms with E-state index in [1.54, 1.807) is 0 Å². The molecule has 5 rings (SSSR count). The van der Waals surface area contributed by atoms with Crippen LogP contribution >= 0.6 is 11.6 Å². The van der Waals surface area contributed by atoms with Crippen molar-refractivity contribution in [2.45, 2.75) is 76.2 Å². The van der Waals surface area contributed by atoms with Gasteiger partial charge in [0.15, 0.2) is 12.3 Å². The standard InChI is InChI=1S/C31H39ClN2O4/c32-26-17-8-7-16-25(26)31-37-20-24(19-23-14-5-2-6-15-23)28(38-31)30-34-27(21-36-30)29(35)33-18-10-9-13-22-11-3-1-4-12-22/h2,5-8,14-17,22,24,27-28,31H,1,3-4,9-13,18-21H2,(H,33,35). The van der Waals surface area contributed by atoms with Crippen molar-refractivity contribution in [3.63, 3.8) is 0 Å². The minimum atomic E-state index is -0.621. The fourth-order valence-corrected chi connectivity index (χ4v) is 6.02. The van der Waals surface area contributed by atoms with Gasteiger partial charge in [0, 0.05) is 23.0 Å². The van der Waals surface area contributed by atoms with Gasteiger partial charge in [-0.15, -0.1) is 0 Å². The predicted octanol–water partition coefficient (Wildman–Crippen LogP) is 6.28. The van der Waals surface area contributed by atoms with Gasteiger partial charge in [0.2, 0.25) is 11.8 Å². The molecule has 204 valence electrons. The third kappa shape index (κ3) is 7.16. The van der Waals surface area contributed by atoms with Crippen molar-refractivity contribution in [1.82, 2.24) is 5.32 Å². The van der Waals surface area contributed by atoms with E-state index >= 15 is 0 Å². The third-order valence-corrected chi connectivity index (χ3v) is 8.29. The zero-order chi connectivity index (χ0) is 26.2. The van der Waals surface area contributed by atoms with Crippen LogP contribution in [0.1, 0.15) is 68.8 Å². The van der Waals surface area contributed by atoms with Crippen LogP contribution in [0.2, 0.25) is 5.02 Å². The van der Waals surface area contributed by atoms with E-state index < -0.39 is 18.4 Å². The topological polar surface area (TPSA) is 69.2 Å². The van der Waals surface area contributed by atoms with Crippen molar-refractivity contribution in [3.8, 4) is 0 Å². The molecule has 1 aliphatic carbocycles. The Morgan fingerprint density at radius 3 is 2.58 bits per heavy atom. The Balaban J connectivity index is 1.19. The SMILES string of the molecule is O=C(NCCCCC1CCCCC1)C1COC(C2OC(c3ccccc3Cl)OCC2Cc2ccccc2)=N1. The second kappa shape index (κ2) is 13.6. The van der Waals surface area contributed by atoms with Gasteiger partial charge in [-0.05, 0) is 30.4 Å². The third-order valence-electron chi connectivity index (χ3n) is 7.94. The van der Waals surface area contributed by atoms with E-state index in [1.165, 1.54) is 50.5 Å². The Hall–Kier alpha value is -2.41. The summed E-state index contributed by atoms with van der Waals surface area (Å²) in [5.41, 5.74) is 1.96. The molecule has 2 heterocycles. The molecule has 1 saturated carbocycles. The number of rotatable bonds is 10. The van der Waals surface area contributed by atoms with E-state index in [2.05, 4.69) is 17.4 Å². The Morgan fingerprint density at radius 1 is 0.974 bits per heavy atom. The molecule has 2 aromatic carbocycles. The first kappa shape index (κ1) is 27.2. The van der Waals surface area contributed by atoms with Gasteiger partial charge in [0.25, 0.3) is 0 Å². The molecule has 6 nitrogen and oxygen atoms in total. The highest BCUT2D eigenvalue weighted by molar-refractivity contribution is 6.31. The number of nitrogens with one attached hydrogen (secondary N) is 1. The molecule has 4 atom stereocenters. The average molecular weight is 539 g/mol. The number of benzene rings is 2. The summed E-state index contributed by atoms with van der Waals surface area (Å²) >= 11 is 6.44. The van der Waals surface area contributed by atoms with Crippen molar-refractivity contribution < 1.29 is 19.0 Å². The van der Waals surface area contributed by atoms with Crippen LogP contribution in [-0.4, -0.2) is 43.7 Å². The number of hydrogen-bond acceptors (Lipinski definition) is 5. The lowest BCUT2D eigenvalue weighted by Crippen LogP contribution is -2.42. The van der Waals surface area contributed by atoms with E-state index in [4.69, 9.17) is 30.8 Å². The van der Waals surface area contributed by atoms with Gasteiger partial charge >= 0.3 is 0 Å². The van der Waals surface area contributed by atoms with Gasteiger partial charge in [0.05, 0.1) is 6.61 Å². The normalized spacial score (nSPS) is 26.0. The van der Waals surface area contributed by atoms with Gasteiger partial charge in [-0.1, -0.05) is 105 Å². The molecule has 38 heavy (non-hydrogen) atoms. The predicted molar refractivity (Wildman–Crippen MR) is 149 cm³/mol. The summed E-state index contributed by atoms with van der Waals surface area (Å²) in [6.07, 6.45) is 10.1. The number of hydrogen-bond donors (Lipinski definition) is 1. The molecule has 0 radical (unpaired) electrons. The maximum atomic E-state index is 12.9. The van der Waals surface area contributed by atoms with Crippen LogP contribution in [0, 0.1) is 11.8 Å². The summed E-state index contributed by atoms with van der Waals surface area (Å²) in [6, 6.07) is 17.2. The van der Waals surface area contributed by atoms with Crippen LogP contribution in [0.3, 0.4) is 0 Å². The van der Waals surface area contributed by atoms with Crippen LogP contribution in [0.15, 0.2) is 59.6 Å². The number of ether oxygens (including phenoxy) is 3. The van der Waals surface area contributed by atoms with Crippen LogP contribution in [0.5, 0.6) is 0 Å². The number of amides is 1. The Kier molecular flexibility index (Phi) is 9.72. The molecule has 0 spiro atoms. The van der Waals surface area contributed by atoms with Crippen molar-refractivity contribution in [1.29, 1.82) is 0 Å². The molecule has 2 aromatic rings. The summed E-state index contributed by atoms with van der Waals surface area (Å²) in [7, 11) is 0. The molecule has 7 heteroatoms. The van der Waals surface area contributed by atoms with Gasteiger partial charge in [-0.3, -0.25) is 4.79 Å². The number of unbranched alkanes of at least 4 members (excludes halogenated alkanes) is 1. The second-order valence-electron chi connectivity index (χ2n) is 10.8. The first-order valence-electron chi connectivity index (χ1n) is 14.2. The van der Waals surface area contributed by atoms with Crippen molar-refractivity contribution in [3.05, 3.63) is 70.7 Å². The summed E-state index contributed by atoms with van der Waals surface area (Å²) in [5, 5.41) is 3.66. The van der Waals surface area contributed by atoms with Crippen LogP contribution in [-0.2, 0) is 25.4 Å². The van der Waals surface area contributed by atoms with Gasteiger partial charge in [0.1, 0.15) is 12.7 Å². The molecule has 2 fully saturated rings. The number of nitrogens with zero attached hydrogens (tertiary/aromatic N) is 1. The zero-order valence-corrected chi connectivity index (χ0v) is 22.8. The van der Waals surface area contributed by atoms with Crippen molar-refractivity contribution in [2.75, 3.05) is 19.8 Å². The molecule has 0 aromatic heterocycles. The Labute approximate surface area is 231 Å². The van der Waals surface area contributed by atoms with Crippen LogP contribution < -0.4 is 5.32 Å². The molecule has 4 unspecified atom stereocenters. The molecule has 2 aliphatic heterocycles. The maximum absolute atomic E-state index is 12.9. The highest BCUT2D eigenvalue weighted by Gasteiger charge is 2.41. The average Bonchev–Trinajstić information content (AvgIpc) is 3.45. The molecule has 0 bridgehead atoms. The summed E-state index contributed by atoms with van der Waals surface area (Å²) in [5.74, 6) is 1.28. The number of halogens is 1. The molecular weight excluding hydrogens is 500 g/mol. The smallest absolute Gasteiger partial charge is 0.248 e. The maximum Gasteiger partial charge on any atom is 0.248 e. The highest BCUT2D eigenvalue weighted by atomic mass is 35.5. The fourth-order valence-electron chi connectivity index (χ4n) is 5.80. The lowest BCUT2D eigenvalue weighted by molar-refractivity contribution is -0.225. The number of carbonyl (C=O) groups excluding carboxylic acids is 1. The summed E-state index contributed by atoms with van der Waals surface area (Å²) < 4.78 is 18.5. The van der Waals surface area contributed by atoms with Crippen LogP contribution in [0.4, 0.5) is 0 Å². The van der Waals surface area contributed by atoms with E-state index in [-0.39, 0.29) is 18.4 Å². The molecule has 3 aliphatic rings. The zero-order valence-electron chi connectivity index (χ0n) is 22.0. The van der Waals surface area contributed by atoms with Crippen LogP contribution in [0.25, 0.3) is 0 Å². The number of aliphatic imine (C=N–C) groups is 1. The summed E-state index contributed by atoms with van der Waals surface area (Å²) in [6.45, 7) is 1.39. The minimum Gasteiger partial charge on any atom is -0.476 e. The molecular formula is C31H39ClN2O4. The lowest BCUT2D eigenvalue weighted by atomic mass is 9.86. The second-order valence-corrected chi connectivity index (χ2v) is 11.2. The fraction of sp³-hybridized carbons (Fsp3) is 0.548. The van der Waals surface area contributed by atoms with E-state index in [0.29, 0.717) is 24.1 Å². The van der Waals surface area contributed by atoms with E-state index in [0.717, 1.165) is 24.3 Å². The molecule has 1 N–H and O–H groups in total.